The van der Waals surface area contributed by atoms with E-state index in [1.54, 1.807) is 23.7 Å². The Balaban J connectivity index is 1.85. The molecule has 0 saturated carbocycles. The normalized spacial score (nSPS) is 10.8. The van der Waals surface area contributed by atoms with Crippen LogP contribution in [0.25, 0.3) is 0 Å². The van der Waals surface area contributed by atoms with Gasteiger partial charge in [0.15, 0.2) is 0 Å². The van der Waals surface area contributed by atoms with Crippen LogP contribution in [0.15, 0.2) is 22.9 Å². The number of nitrogens with one attached hydrogen (secondary N) is 1. The van der Waals surface area contributed by atoms with Crippen molar-refractivity contribution in [2.45, 2.75) is 20.0 Å². The van der Waals surface area contributed by atoms with E-state index in [4.69, 9.17) is 11.6 Å². The van der Waals surface area contributed by atoms with Gasteiger partial charge in [0.05, 0.1) is 11.4 Å². The molecule has 0 aliphatic rings. The van der Waals surface area contributed by atoms with Gasteiger partial charge in [-0.2, -0.15) is 0 Å². The van der Waals surface area contributed by atoms with Crippen molar-refractivity contribution in [1.29, 1.82) is 0 Å². The minimum Gasteiger partial charge on any atom is -0.306 e. The molecule has 6 heteroatoms. The van der Waals surface area contributed by atoms with Gasteiger partial charge in [0.25, 0.3) is 0 Å². The lowest BCUT2D eigenvalue weighted by Crippen LogP contribution is -2.13. The molecule has 0 saturated heterocycles. The minimum absolute atomic E-state index is 0.709. The van der Waals surface area contributed by atoms with E-state index in [9.17, 15) is 0 Å². The van der Waals surface area contributed by atoms with Crippen molar-refractivity contribution in [3.63, 3.8) is 0 Å². The van der Waals surface area contributed by atoms with E-state index < -0.39 is 0 Å². The van der Waals surface area contributed by atoms with E-state index in [1.165, 1.54) is 4.88 Å². The zero-order valence-electron chi connectivity index (χ0n) is 9.20. The van der Waals surface area contributed by atoms with E-state index in [0.717, 1.165) is 26.7 Å². The monoisotopic (exact) mass is 331 g/mol. The number of hydrogen-bond donors (Lipinski definition) is 1. The summed E-state index contributed by atoms with van der Waals surface area (Å²) in [6, 6.07) is 2.03. The van der Waals surface area contributed by atoms with E-state index in [2.05, 4.69) is 31.2 Å². The average Bonchev–Trinajstić information content (AvgIpc) is 2.61. The van der Waals surface area contributed by atoms with Gasteiger partial charge in [-0.3, -0.25) is 9.97 Å². The molecule has 0 spiro atoms. The van der Waals surface area contributed by atoms with Crippen LogP contribution in [0.1, 0.15) is 16.3 Å². The molecule has 2 heterocycles. The van der Waals surface area contributed by atoms with Crippen LogP contribution in [0.5, 0.6) is 0 Å². The Morgan fingerprint density at radius 2 is 2.18 bits per heavy atom. The van der Waals surface area contributed by atoms with E-state index >= 15 is 0 Å². The fraction of sp³-hybridized carbons (Fsp3) is 0.273. The summed E-state index contributed by atoms with van der Waals surface area (Å²) < 4.78 is 1.74. The van der Waals surface area contributed by atoms with E-state index in [-0.39, 0.29) is 0 Å². The van der Waals surface area contributed by atoms with Crippen LogP contribution in [0.2, 0.25) is 4.34 Å². The average molecular weight is 333 g/mol. The summed E-state index contributed by atoms with van der Waals surface area (Å²) in [4.78, 5) is 9.67. The number of aromatic nitrogens is 2. The van der Waals surface area contributed by atoms with Crippen molar-refractivity contribution in [3.8, 4) is 0 Å². The second-order valence-corrected chi connectivity index (χ2v) is 6.18. The highest BCUT2D eigenvalue weighted by atomic mass is 79.9. The van der Waals surface area contributed by atoms with E-state index in [0.29, 0.717) is 6.54 Å². The molecule has 0 fully saturated rings. The summed E-state index contributed by atoms with van der Waals surface area (Å²) in [5.41, 5.74) is 1.88. The van der Waals surface area contributed by atoms with Gasteiger partial charge in [-0.15, -0.1) is 11.3 Å². The molecule has 2 aromatic heterocycles. The first-order chi connectivity index (χ1) is 8.15. The van der Waals surface area contributed by atoms with Crippen molar-refractivity contribution in [2.75, 3.05) is 0 Å². The molecule has 2 rings (SSSR count). The molecule has 17 heavy (non-hydrogen) atoms. The highest BCUT2D eigenvalue weighted by Crippen LogP contribution is 2.31. The van der Waals surface area contributed by atoms with Crippen molar-refractivity contribution in [1.82, 2.24) is 15.3 Å². The number of thiophene rings is 1. The van der Waals surface area contributed by atoms with Crippen molar-refractivity contribution >= 4 is 38.9 Å². The van der Waals surface area contributed by atoms with Gasteiger partial charge in [-0.25, -0.2) is 0 Å². The smallest absolute Gasteiger partial charge is 0.107 e. The quantitative estimate of drug-likeness (QED) is 0.930. The van der Waals surface area contributed by atoms with Crippen LogP contribution in [-0.2, 0) is 13.1 Å². The van der Waals surface area contributed by atoms with Gasteiger partial charge < -0.3 is 5.32 Å². The van der Waals surface area contributed by atoms with E-state index in [1.807, 2.05) is 13.0 Å². The van der Waals surface area contributed by atoms with Gasteiger partial charge in [0, 0.05) is 34.8 Å². The first-order valence-corrected chi connectivity index (χ1v) is 7.06. The largest absolute Gasteiger partial charge is 0.306 e. The van der Waals surface area contributed by atoms with Crippen molar-refractivity contribution < 1.29 is 0 Å². The Bertz CT molecular complexity index is 478. The molecule has 0 radical (unpaired) electrons. The molecule has 2 aromatic rings. The summed E-state index contributed by atoms with van der Waals surface area (Å²) in [7, 11) is 0. The second kappa shape index (κ2) is 5.91. The Hall–Kier alpha value is -0.490. The lowest BCUT2D eigenvalue weighted by molar-refractivity contribution is 0.682. The lowest BCUT2D eigenvalue weighted by atomic mass is 10.4. The first kappa shape index (κ1) is 13.0. The Morgan fingerprint density at radius 1 is 1.35 bits per heavy atom. The van der Waals surface area contributed by atoms with Crippen molar-refractivity contribution in [2.24, 2.45) is 0 Å². The highest BCUT2D eigenvalue weighted by molar-refractivity contribution is 9.10. The Kier molecular flexibility index (Phi) is 4.50. The van der Waals surface area contributed by atoms with Crippen LogP contribution < -0.4 is 5.32 Å². The Labute approximate surface area is 117 Å². The van der Waals surface area contributed by atoms with Gasteiger partial charge >= 0.3 is 0 Å². The van der Waals surface area contributed by atoms with Crippen LogP contribution >= 0.6 is 38.9 Å². The zero-order chi connectivity index (χ0) is 12.3. The number of rotatable bonds is 4. The molecule has 0 aliphatic carbocycles. The number of aryl methyl sites for hydroxylation is 1. The molecule has 0 unspecified atom stereocenters. The van der Waals surface area contributed by atoms with Crippen LogP contribution in [-0.4, -0.2) is 9.97 Å². The zero-order valence-corrected chi connectivity index (χ0v) is 12.4. The van der Waals surface area contributed by atoms with Crippen molar-refractivity contribution in [3.05, 3.63) is 43.5 Å². The highest BCUT2D eigenvalue weighted by Gasteiger charge is 2.04. The molecular weight excluding hydrogens is 322 g/mol. The van der Waals surface area contributed by atoms with Gasteiger partial charge in [0.1, 0.15) is 4.34 Å². The first-order valence-electron chi connectivity index (χ1n) is 5.07. The number of nitrogens with zero attached hydrogens (tertiary/aromatic N) is 2. The molecule has 0 bridgehead atoms. The van der Waals surface area contributed by atoms with Crippen LogP contribution in [0.4, 0.5) is 0 Å². The number of hydrogen-bond acceptors (Lipinski definition) is 4. The van der Waals surface area contributed by atoms with Gasteiger partial charge in [-0.1, -0.05) is 11.6 Å². The van der Waals surface area contributed by atoms with Gasteiger partial charge in [0.2, 0.25) is 0 Å². The summed E-state index contributed by atoms with van der Waals surface area (Å²) >= 11 is 10.9. The summed E-state index contributed by atoms with van der Waals surface area (Å²) in [6.07, 6.45) is 3.56. The van der Waals surface area contributed by atoms with Gasteiger partial charge in [-0.05, 0) is 28.9 Å². The standard InChI is InChI=1S/C11H11BrClN3S/c1-7-3-16-8(5-15-7)4-14-6-9-2-10(12)11(13)17-9/h2-3,5,14H,4,6H2,1H3. The second-order valence-electron chi connectivity index (χ2n) is 3.59. The SMILES string of the molecule is Cc1cnc(CNCc2cc(Br)c(Cl)s2)cn1. The molecule has 1 N–H and O–H groups in total. The fourth-order valence-corrected chi connectivity index (χ4v) is 3.06. The minimum atomic E-state index is 0.709. The number of halogens is 2. The summed E-state index contributed by atoms with van der Waals surface area (Å²) in [5.74, 6) is 0. The molecule has 0 atom stereocenters. The molecular formula is C11H11BrClN3S. The molecule has 90 valence electrons. The molecule has 0 aliphatic heterocycles. The molecule has 0 amide bonds. The lowest BCUT2D eigenvalue weighted by Gasteiger charge is -2.02. The maximum absolute atomic E-state index is 5.96. The Morgan fingerprint density at radius 3 is 2.76 bits per heavy atom. The molecule has 0 aromatic carbocycles. The third kappa shape index (κ3) is 3.74. The predicted octanol–water partition coefficient (Wildman–Crippen LogP) is 3.55. The fourth-order valence-electron chi connectivity index (χ4n) is 1.30. The topological polar surface area (TPSA) is 37.8 Å². The maximum atomic E-state index is 5.96. The van der Waals surface area contributed by atoms with Crippen LogP contribution in [0.3, 0.4) is 0 Å². The summed E-state index contributed by atoms with van der Waals surface area (Å²) in [5, 5.41) is 3.31. The third-order valence-electron chi connectivity index (χ3n) is 2.14. The predicted molar refractivity (Wildman–Crippen MR) is 74.3 cm³/mol. The summed E-state index contributed by atoms with van der Waals surface area (Å²) in [6.45, 7) is 3.42. The third-order valence-corrected chi connectivity index (χ3v) is 4.61. The maximum Gasteiger partial charge on any atom is 0.107 e. The van der Waals surface area contributed by atoms with Crippen LogP contribution in [0, 0.1) is 6.92 Å². The molecule has 3 nitrogen and oxygen atoms in total.